The van der Waals surface area contributed by atoms with E-state index in [2.05, 4.69) is 58.0 Å². The van der Waals surface area contributed by atoms with Gasteiger partial charge in [0.1, 0.15) is 0 Å². The molecule has 0 fully saturated rings. The fraction of sp³-hybridized carbons (Fsp3) is 0.190. The summed E-state index contributed by atoms with van der Waals surface area (Å²) in [7, 11) is 0. The third kappa shape index (κ3) is 13.8. The second-order valence-electron chi connectivity index (χ2n) is 11.5. The molecule has 4 aromatic carbocycles. The van der Waals surface area contributed by atoms with E-state index in [4.69, 9.17) is 0 Å². The van der Waals surface area contributed by atoms with Gasteiger partial charge in [-0.05, 0) is 85.1 Å². The summed E-state index contributed by atoms with van der Waals surface area (Å²) in [4.78, 5) is 45.8. The number of benzene rings is 4. The summed E-state index contributed by atoms with van der Waals surface area (Å²) in [5, 5.41) is 27.6. The Morgan fingerprint density at radius 1 is 0.481 bits per heavy atom. The van der Waals surface area contributed by atoms with Gasteiger partial charge in [0.05, 0.1) is 9.85 Å². The summed E-state index contributed by atoms with van der Waals surface area (Å²) in [5.41, 5.74) is 3.60. The molecule has 0 aliphatic carbocycles. The predicted molar refractivity (Wildman–Crippen MR) is 201 cm³/mol. The van der Waals surface area contributed by atoms with E-state index in [9.17, 15) is 29.8 Å². The van der Waals surface area contributed by atoms with Gasteiger partial charge in [0.15, 0.2) is 0 Å². The van der Waals surface area contributed by atoms with Gasteiger partial charge in [0, 0.05) is 70.7 Å². The lowest BCUT2D eigenvalue weighted by Gasteiger charge is -2.07. The van der Waals surface area contributed by atoms with Crippen molar-refractivity contribution in [1.82, 2.24) is 0 Å². The third-order valence-corrected chi connectivity index (χ3v) is 7.42. The second-order valence-corrected chi connectivity index (χ2v) is 11.5. The molecule has 258 valence electrons. The molecule has 4 aromatic rings. The number of hydrogen-bond acceptors (Lipinski definition) is 6. The average Bonchev–Trinajstić information content (AvgIpc) is 3.13. The van der Waals surface area contributed by atoms with Crippen LogP contribution in [0.15, 0.2) is 97.1 Å². The Balaban J connectivity index is 1.08. The molecule has 10 heteroatoms. The predicted octanol–water partition coefficient (Wildman–Crippen LogP) is 8.01. The molecule has 0 spiro atoms. The Morgan fingerprint density at radius 2 is 0.808 bits per heavy atom. The minimum Gasteiger partial charge on any atom is -0.326 e. The highest BCUT2D eigenvalue weighted by atomic mass is 16.6. The van der Waals surface area contributed by atoms with Gasteiger partial charge in [-0.2, -0.15) is 0 Å². The molecule has 10 nitrogen and oxygen atoms in total. The van der Waals surface area contributed by atoms with Gasteiger partial charge < -0.3 is 10.6 Å². The number of non-ortho nitro benzene ring substituents is 2. The molecule has 0 unspecified atom stereocenters. The van der Waals surface area contributed by atoms with Crippen LogP contribution in [0.25, 0.3) is 0 Å². The summed E-state index contributed by atoms with van der Waals surface area (Å²) in [6, 6.07) is 26.4. The maximum absolute atomic E-state index is 12.5. The van der Waals surface area contributed by atoms with Crippen LogP contribution in [-0.2, 0) is 9.59 Å². The van der Waals surface area contributed by atoms with Crippen LogP contribution in [0.4, 0.5) is 22.7 Å². The van der Waals surface area contributed by atoms with Crippen molar-refractivity contribution in [2.24, 2.45) is 0 Å². The Morgan fingerprint density at radius 3 is 1.17 bits per heavy atom. The van der Waals surface area contributed by atoms with Crippen molar-refractivity contribution in [2.75, 3.05) is 10.6 Å². The molecule has 0 radical (unpaired) electrons. The lowest BCUT2D eigenvalue weighted by Crippen LogP contribution is -2.11. The van der Waals surface area contributed by atoms with Crippen molar-refractivity contribution in [3.63, 3.8) is 0 Å². The highest BCUT2D eigenvalue weighted by molar-refractivity contribution is 5.91. The van der Waals surface area contributed by atoms with Crippen LogP contribution in [0.5, 0.6) is 0 Å². The Labute approximate surface area is 302 Å². The van der Waals surface area contributed by atoms with E-state index < -0.39 is 9.85 Å². The first-order valence-electron chi connectivity index (χ1n) is 16.6. The highest BCUT2D eigenvalue weighted by Gasteiger charge is 2.06. The molecule has 0 saturated heterocycles. The maximum Gasteiger partial charge on any atom is 0.270 e. The zero-order chi connectivity index (χ0) is 37.0. The van der Waals surface area contributed by atoms with E-state index in [0.717, 1.165) is 38.5 Å². The van der Waals surface area contributed by atoms with Crippen LogP contribution < -0.4 is 10.6 Å². The number of rotatable bonds is 13. The number of carbonyl (C=O) groups excluding carboxylic acids is 2. The van der Waals surface area contributed by atoms with Crippen molar-refractivity contribution in [3.05, 3.63) is 140 Å². The van der Waals surface area contributed by atoms with Crippen LogP contribution in [0.1, 0.15) is 73.6 Å². The molecule has 2 N–H and O–H groups in total. The minimum atomic E-state index is -0.473. The van der Waals surface area contributed by atoms with Gasteiger partial charge in [-0.15, -0.1) is 0 Å². The topological polar surface area (TPSA) is 144 Å². The van der Waals surface area contributed by atoms with Gasteiger partial charge >= 0.3 is 0 Å². The molecule has 2 amide bonds. The molecule has 0 atom stereocenters. The van der Waals surface area contributed by atoms with Crippen molar-refractivity contribution >= 4 is 34.6 Å². The van der Waals surface area contributed by atoms with Gasteiger partial charge in [-0.3, -0.25) is 29.8 Å². The van der Waals surface area contributed by atoms with Crippen molar-refractivity contribution in [3.8, 4) is 47.4 Å². The molecule has 0 bridgehead atoms. The van der Waals surface area contributed by atoms with E-state index in [1.165, 1.54) is 24.3 Å². The van der Waals surface area contributed by atoms with Crippen LogP contribution in [0, 0.1) is 67.6 Å². The average molecular weight is 691 g/mol. The van der Waals surface area contributed by atoms with Crippen molar-refractivity contribution in [2.45, 2.75) is 51.4 Å². The lowest BCUT2D eigenvalue weighted by atomic mass is 10.1. The molecule has 0 saturated carbocycles. The molecule has 0 aromatic heterocycles. The maximum atomic E-state index is 12.5. The molecular weight excluding hydrogens is 656 g/mol. The number of nitro benzene ring substituents is 2. The fourth-order valence-electron chi connectivity index (χ4n) is 4.88. The standard InChI is InChI=1S/C42H34N4O6/c47-41(43-37-23-11-19-33(29-37)15-7-9-17-35-21-13-25-39(31-35)45(49)50)27-5-3-1-2-4-6-28-42(48)44-38-24-12-20-34(30-38)16-8-10-18-36-22-14-26-40(32-36)46(51)52/h11-14,19-26,29-32H,1-6,27-28H2,(H,43,47)(H,44,48). The van der Waals surface area contributed by atoms with E-state index >= 15 is 0 Å². The zero-order valence-corrected chi connectivity index (χ0v) is 28.2. The number of unbranched alkanes of at least 4 members (excludes halogenated alkanes) is 5. The first-order valence-corrected chi connectivity index (χ1v) is 16.6. The van der Waals surface area contributed by atoms with E-state index in [1.807, 2.05) is 12.1 Å². The number of nitro groups is 2. The van der Waals surface area contributed by atoms with Gasteiger partial charge in [-0.1, -0.05) is 73.6 Å². The highest BCUT2D eigenvalue weighted by Crippen LogP contribution is 2.16. The zero-order valence-electron chi connectivity index (χ0n) is 28.2. The number of carbonyl (C=O) groups is 2. The summed E-state index contributed by atoms with van der Waals surface area (Å²) in [6.07, 6.45) is 6.11. The van der Waals surface area contributed by atoms with E-state index in [1.54, 1.807) is 60.7 Å². The summed E-state index contributed by atoms with van der Waals surface area (Å²) >= 11 is 0. The number of amides is 2. The third-order valence-electron chi connectivity index (χ3n) is 7.42. The first kappa shape index (κ1) is 37.7. The molecule has 0 aliphatic heterocycles. The SMILES string of the molecule is O=C(CCCCCCCCC(=O)Nc1cccc(C#CC#Cc2cccc([N+](=O)[O-])c2)c1)Nc1cccc(C#CC#Cc2cccc([N+](=O)[O-])c2)c1. The first-order chi connectivity index (χ1) is 25.2. The number of nitrogens with one attached hydrogen (secondary N) is 2. The molecule has 4 rings (SSSR count). The summed E-state index contributed by atoms with van der Waals surface area (Å²) < 4.78 is 0. The fourth-order valence-corrected chi connectivity index (χ4v) is 4.88. The quantitative estimate of drug-likeness (QED) is 0.0630. The van der Waals surface area contributed by atoms with Crippen LogP contribution in [0.3, 0.4) is 0 Å². The molecule has 0 heterocycles. The van der Waals surface area contributed by atoms with Crippen LogP contribution in [0.2, 0.25) is 0 Å². The largest absolute Gasteiger partial charge is 0.326 e. The van der Waals surface area contributed by atoms with E-state index in [-0.39, 0.29) is 23.2 Å². The smallest absolute Gasteiger partial charge is 0.270 e. The van der Waals surface area contributed by atoms with Crippen molar-refractivity contribution in [1.29, 1.82) is 0 Å². The summed E-state index contributed by atoms with van der Waals surface area (Å²) in [6.45, 7) is 0. The van der Waals surface area contributed by atoms with Gasteiger partial charge in [-0.25, -0.2) is 0 Å². The van der Waals surface area contributed by atoms with Crippen LogP contribution in [-0.4, -0.2) is 21.7 Å². The summed E-state index contributed by atoms with van der Waals surface area (Å²) in [5.74, 6) is 22.2. The Kier molecular flexibility index (Phi) is 14.8. The Bertz CT molecular complexity index is 2040. The number of nitrogens with zero attached hydrogens (tertiary/aromatic N) is 2. The minimum absolute atomic E-state index is 0.0297. The second kappa shape index (κ2) is 20.4. The number of anilines is 2. The monoisotopic (exact) mass is 690 g/mol. The number of hydrogen-bond donors (Lipinski definition) is 2. The molecule has 0 aliphatic rings. The normalized spacial score (nSPS) is 9.62. The van der Waals surface area contributed by atoms with E-state index in [0.29, 0.717) is 46.5 Å². The Hall–Kier alpha value is -7.14. The van der Waals surface area contributed by atoms with Crippen LogP contribution >= 0.6 is 0 Å². The molecular formula is C42H34N4O6. The molecule has 52 heavy (non-hydrogen) atoms. The van der Waals surface area contributed by atoms with Gasteiger partial charge in [0.25, 0.3) is 11.4 Å². The lowest BCUT2D eigenvalue weighted by molar-refractivity contribution is -0.385. The van der Waals surface area contributed by atoms with Gasteiger partial charge in [0.2, 0.25) is 11.8 Å². The van der Waals surface area contributed by atoms with Crippen molar-refractivity contribution < 1.29 is 19.4 Å².